The molecular weight excluding hydrogens is 342 g/mol. The monoisotopic (exact) mass is 365 g/mol. The molecule has 1 aliphatic carbocycles. The molecule has 0 spiro atoms. The van der Waals surface area contributed by atoms with Crippen molar-refractivity contribution in [3.8, 4) is 5.75 Å². The fourth-order valence-corrected chi connectivity index (χ4v) is 3.80. The number of anilines is 1. The lowest BCUT2D eigenvalue weighted by atomic mass is 9.90. The van der Waals surface area contributed by atoms with Gasteiger partial charge < -0.3 is 14.4 Å². The SMILES string of the molecule is CC1Oc2ccccc2N(CCC(=O)OC2CCc3ccccc3C2)C1=O. The molecule has 0 saturated carbocycles. The zero-order valence-corrected chi connectivity index (χ0v) is 15.4. The molecule has 1 amide bonds. The van der Waals surface area contributed by atoms with Crippen LogP contribution in [-0.4, -0.2) is 30.6 Å². The summed E-state index contributed by atoms with van der Waals surface area (Å²) in [5.74, 6) is 0.277. The van der Waals surface area contributed by atoms with Crippen LogP contribution in [0, 0.1) is 0 Å². The summed E-state index contributed by atoms with van der Waals surface area (Å²) in [6, 6.07) is 15.7. The van der Waals surface area contributed by atoms with Crippen LogP contribution in [0.3, 0.4) is 0 Å². The first-order valence-corrected chi connectivity index (χ1v) is 9.45. The molecule has 2 unspecified atom stereocenters. The lowest BCUT2D eigenvalue weighted by Gasteiger charge is -2.33. The van der Waals surface area contributed by atoms with Gasteiger partial charge in [-0.05, 0) is 43.0 Å². The average Bonchev–Trinajstić information content (AvgIpc) is 2.68. The van der Waals surface area contributed by atoms with Crippen molar-refractivity contribution in [2.45, 2.75) is 44.8 Å². The summed E-state index contributed by atoms with van der Waals surface area (Å²) in [5, 5.41) is 0. The fraction of sp³-hybridized carbons (Fsp3) is 0.364. The first-order valence-electron chi connectivity index (χ1n) is 9.45. The predicted octanol–water partition coefficient (Wildman–Crippen LogP) is 3.29. The quantitative estimate of drug-likeness (QED) is 0.780. The highest BCUT2D eigenvalue weighted by Gasteiger charge is 2.31. The van der Waals surface area contributed by atoms with Crippen molar-refractivity contribution in [3.63, 3.8) is 0 Å². The first kappa shape index (κ1) is 17.6. The van der Waals surface area contributed by atoms with Crippen molar-refractivity contribution in [3.05, 3.63) is 59.7 Å². The third-order valence-corrected chi connectivity index (χ3v) is 5.21. The number of fused-ring (bicyclic) bond motifs is 2. The van der Waals surface area contributed by atoms with Gasteiger partial charge in [0.05, 0.1) is 12.1 Å². The molecule has 0 fully saturated rings. The Morgan fingerprint density at radius 2 is 1.89 bits per heavy atom. The minimum absolute atomic E-state index is 0.0843. The maximum atomic E-state index is 12.5. The highest BCUT2D eigenvalue weighted by Crippen LogP contribution is 2.33. The second kappa shape index (κ2) is 7.43. The number of hydrogen-bond donors (Lipinski definition) is 0. The van der Waals surface area contributed by atoms with E-state index < -0.39 is 6.10 Å². The number of benzene rings is 2. The molecule has 5 nitrogen and oxygen atoms in total. The average molecular weight is 365 g/mol. The van der Waals surface area contributed by atoms with Crippen molar-refractivity contribution in [2.75, 3.05) is 11.4 Å². The van der Waals surface area contributed by atoms with Crippen LogP contribution in [0.2, 0.25) is 0 Å². The van der Waals surface area contributed by atoms with E-state index in [1.807, 2.05) is 36.4 Å². The molecule has 4 rings (SSSR count). The van der Waals surface area contributed by atoms with Crippen molar-refractivity contribution in [2.24, 2.45) is 0 Å². The summed E-state index contributed by atoms with van der Waals surface area (Å²) >= 11 is 0. The van der Waals surface area contributed by atoms with E-state index in [0.717, 1.165) is 19.3 Å². The molecule has 2 aromatic carbocycles. The van der Waals surface area contributed by atoms with Crippen molar-refractivity contribution >= 4 is 17.6 Å². The lowest BCUT2D eigenvalue weighted by molar-refractivity contribution is -0.149. The van der Waals surface area contributed by atoms with Gasteiger partial charge >= 0.3 is 5.97 Å². The molecule has 5 heteroatoms. The zero-order valence-electron chi connectivity index (χ0n) is 15.4. The number of nitrogens with zero attached hydrogens (tertiary/aromatic N) is 1. The highest BCUT2D eigenvalue weighted by atomic mass is 16.5. The topological polar surface area (TPSA) is 55.8 Å². The molecule has 2 aromatic rings. The Kier molecular flexibility index (Phi) is 4.84. The molecule has 27 heavy (non-hydrogen) atoms. The maximum Gasteiger partial charge on any atom is 0.307 e. The van der Waals surface area contributed by atoms with Gasteiger partial charge in [0, 0.05) is 13.0 Å². The molecular formula is C22H23NO4. The number of esters is 1. The summed E-state index contributed by atoms with van der Waals surface area (Å²) < 4.78 is 11.3. The van der Waals surface area contributed by atoms with E-state index in [1.165, 1.54) is 11.1 Å². The van der Waals surface area contributed by atoms with Gasteiger partial charge in [-0.2, -0.15) is 0 Å². The number of ether oxygens (including phenoxy) is 2. The predicted molar refractivity (Wildman–Crippen MR) is 102 cm³/mol. The van der Waals surface area contributed by atoms with E-state index >= 15 is 0 Å². The van der Waals surface area contributed by atoms with Gasteiger partial charge in [0.2, 0.25) is 0 Å². The van der Waals surface area contributed by atoms with Crippen LogP contribution in [0.25, 0.3) is 0 Å². The van der Waals surface area contributed by atoms with E-state index in [0.29, 0.717) is 18.0 Å². The van der Waals surface area contributed by atoms with E-state index in [1.54, 1.807) is 11.8 Å². The minimum atomic E-state index is -0.550. The maximum absolute atomic E-state index is 12.5. The Hall–Kier alpha value is -2.82. The standard InChI is InChI=1S/C22H23NO4/c1-15-22(25)23(19-8-4-5-9-20(19)26-15)13-12-21(24)27-18-11-10-16-6-2-3-7-17(16)14-18/h2-9,15,18H,10-14H2,1H3. The third kappa shape index (κ3) is 3.68. The molecule has 1 aliphatic heterocycles. The van der Waals surface area contributed by atoms with Gasteiger partial charge in [0.1, 0.15) is 11.9 Å². The molecule has 2 aliphatic rings. The summed E-state index contributed by atoms with van der Waals surface area (Å²) in [7, 11) is 0. The van der Waals surface area contributed by atoms with Crippen LogP contribution in [0.15, 0.2) is 48.5 Å². The summed E-state index contributed by atoms with van der Waals surface area (Å²) in [5.41, 5.74) is 3.31. The Bertz CT molecular complexity index is 863. The van der Waals surface area contributed by atoms with E-state index in [-0.39, 0.29) is 24.4 Å². The van der Waals surface area contributed by atoms with Gasteiger partial charge in [0.25, 0.3) is 5.91 Å². The lowest BCUT2D eigenvalue weighted by Crippen LogP contribution is -2.45. The van der Waals surface area contributed by atoms with Crippen LogP contribution in [0.4, 0.5) is 5.69 Å². The fourth-order valence-electron chi connectivity index (χ4n) is 3.80. The number of carbonyl (C=O) groups excluding carboxylic acids is 2. The summed E-state index contributed by atoms with van der Waals surface area (Å²) in [4.78, 5) is 26.5. The molecule has 0 saturated heterocycles. The Morgan fingerprint density at radius 3 is 2.74 bits per heavy atom. The molecule has 0 bridgehead atoms. The number of para-hydroxylation sites is 2. The highest BCUT2D eigenvalue weighted by molar-refractivity contribution is 6.00. The number of carbonyl (C=O) groups is 2. The van der Waals surface area contributed by atoms with Crippen LogP contribution < -0.4 is 9.64 Å². The molecule has 0 radical (unpaired) electrons. The van der Waals surface area contributed by atoms with Crippen molar-refractivity contribution < 1.29 is 19.1 Å². The van der Waals surface area contributed by atoms with Gasteiger partial charge in [-0.15, -0.1) is 0 Å². The van der Waals surface area contributed by atoms with Crippen LogP contribution in [-0.2, 0) is 27.2 Å². The number of hydrogen-bond acceptors (Lipinski definition) is 4. The van der Waals surface area contributed by atoms with E-state index in [9.17, 15) is 9.59 Å². The number of amides is 1. The number of rotatable bonds is 4. The molecule has 2 atom stereocenters. The van der Waals surface area contributed by atoms with Crippen molar-refractivity contribution in [1.29, 1.82) is 0 Å². The van der Waals surface area contributed by atoms with Gasteiger partial charge in [0.15, 0.2) is 6.10 Å². The van der Waals surface area contributed by atoms with Crippen molar-refractivity contribution in [1.82, 2.24) is 0 Å². The second-order valence-corrected chi connectivity index (χ2v) is 7.09. The first-order chi connectivity index (χ1) is 13.1. The molecule has 0 N–H and O–H groups in total. The van der Waals surface area contributed by atoms with Gasteiger partial charge in [-0.1, -0.05) is 36.4 Å². The Balaban J connectivity index is 1.36. The molecule has 0 aromatic heterocycles. The summed E-state index contributed by atoms with van der Waals surface area (Å²) in [6.45, 7) is 2.02. The van der Waals surface area contributed by atoms with Gasteiger partial charge in [-0.3, -0.25) is 9.59 Å². The van der Waals surface area contributed by atoms with Crippen LogP contribution >= 0.6 is 0 Å². The zero-order chi connectivity index (χ0) is 18.8. The third-order valence-electron chi connectivity index (χ3n) is 5.21. The Labute approximate surface area is 158 Å². The largest absolute Gasteiger partial charge is 0.479 e. The molecule has 1 heterocycles. The Morgan fingerprint density at radius 1 is 1.15 bits per heavy atom. The molecule has 140 valence electrons. The minimum Gasteiger partial charge on any atom is -0.479 e. The normalized spacial score (nSPS) is 21.1. The van der Waals surface area contributed by atoms with E-state index in [4.69, 9.17) is 9.47 Å². The number of aryl methyl sites for hydroxylation is 1. The van der Waals surface area contributed by atoms with Crippen LogP contribution in [0.5, 0.6) is 5.75 Å². The van der Waals surface area contributed by atoms with Crippen LogP contribution in [0.1, 0.15) is 30.9 Å². The smallest absolute Gasteiger partial charge is 0.307 e. The van der Waals surface area contributed by atoms with Gasteiger partial charge in [-0.25, -0.2) is 0 Å². The summed E-state index contributed by atoms with van der Waals surface area (Å²) in [6.07, 6.45) is 2.08. The second-order valence-electron chi connectivity index (χ2n) is 7.09. The van der Waals surface area contributed by atoms with E-state index in [2.05, 4.69) is 12.1 Å².